The lowest BCUT2D eigenvalue weighted by Gasteiger charge is -2.34. The number of nitrogens with one attached hydrogen (secondary N) is 2. The first-order valence-corrected chi connectivity index (χ1v) is 7.77. The van der Waals surface area contributed by atoms with Crippen molar-refractivity contribution in [2.75, 3.05) is 19.6 Å². The molecule has 0 radical (unpaired) electrons. The molecule has 2 rings (SSSR count). The van der Waals surface area contributed by atoms with Crippen LogP contribution >= 0.6 is 24.0 Å². The third-order valence-electron chi connectivity index (χ3n) is 3.98. The van der Waals surface area contributed by atoms with E-state index in [1.54, 1.807) is 31.2 Å². The Labute approximate surface area is 143 Å². The number of piperidine rings is 1. The van der Waals surface area contributed by atoms with E-state index in [0.717, 1.165) is 25.9 Å². The number of carbonyl (C=O) groups excluding carboxylic acids is 1. The second-order valence-electron chi connectivity index (χ2n) is 6.00. The smallest absolute Gasteiger partial charge is 0.260 e. The van der Waals surface area contributed by atoms with Crippen LogP contribution in [0.3, 0.4) is 0 Å². The topological polar surface area (TPSA) is 50.4 Å². The van der Waals surface area contributed by atoms with Crippen LogP contribution in [0.5, 0.6) is 5.75 Å². The summed E-state index contributed by atoms with van der Waals surface area (Å²) in [6.45, 7) is 6.69. The number of carbonyl (C=O) groups is 1. The van der Waals surface area contributed by atoms with Crippen LogP contribution in [0.4, 0.5) is 0 Å². The lowest BCUT2D eigenvalue weighted by molar-refractivity contribution is -0.127. The summed E-state index contributed by atoms with van der Waals surface area (Å²) in [5.74, 6) is 0.521. The number of amides is 1. The summed E-state index contributed by atoms with van der Waals surface area (Å²) in [4.78, 5) is 12.1. The number of rotatable bonds is 5. The van der Waals surface area contributed by atoms with E-state index in [4.69, 9.17) is 16.3 Å². The van der Waals surface area contributed by atoms with Crippen molar-refractivity contribution in [2.45, 2.75) is 32.8 Å². The molecule has 124 valence electrons. The zero-order valence-electron chi connectivity index (χ0n) is 13.0. The average Bonchev–Trinajstić information content (AvgIpc) is 2.45. The molecule has 0 bridgehead atoms. The molecule has 1 fully saturated rings. The third-order valence-corrected chi connectivity index (χ3v) is 4.21. The molecule has 1 unspecified atom stereocenters. The molecule has 1 aliphatic heterocycles. The predicted octanol–water partition coefficient (Wildman–Crippen LogP) is 3.04. The first kappa shape index (κ1) is 19.1. The van der Waals surface area contributed by atoms with Crippen molar-refractivity contribution >= 4 is 29.9 Å². The van der Waals surface area contributed by atoms with E-state index in [2.05, 4.69) is 17.6 Å². The van der Waals surface area contributed by atoms with Crippen LogP contribution < -0.4 is 15.4 Å². The number of hydrogen-bond acceptors (Lipinski definition) is 3. The van der Waals surface area contributed by atoms with E-state index >= 15 is 0 Å². The lowest BCUT2D eigenvalue weighted by atomic mass is 9.81. The van der Waals surface area contributed by atoms with Gasteiger partial charge < -0.3 is 15.4 Å². The van der Waals surface area contributed by atoms with Crippen LogP contribution in [0.25, 0.3) is 0 Å². The van der Waals surface area contributed by atoms with Crippen LogP contribution in [0.15, 0.2) is 24.3 Å². The highest BCUT2D eigenvalue weighted by Gasteiger charge is 2.28. The molecule has 22 heavy (non-hydrogen) atoms. The fraction of sp³-hybridized carbons (Fsp3) is 0.562. The second-order valence-corrected chi connectivity index (χ2v) is 6.43. The molecule has 1 heterocycles. The van der Waals surface area contributed by atoms with Crippen LogP contribution in [-0.4, -0.2) is 31.6 Å². The molecule has 0 aromatic heterocycles. The molecule has 1 atom stereocenters. The first-order valence-electron chi connectivity index (χ1n) is 7.39. The highest BCUT2D eigenvalue weighted by Crippen LogP contribution is 2.26. The van der Waals surface area contributed by atoms with Crippen molar-refractivity contribution in [3.63, 3.8) is 0 Å². The van der Waals surface area contributed by atoms with Crippen LogP contribution in [0.1, 0.15) is 26.7 Å². The predicted molar refractivity (Wildman–Crippen MR) is 92.0 cm³/mol. The van der Waals surface area contributed by atoms with Gasteiger partial charge in [0.15, 0.2) is 6.10 Å². The zero-order chi connectivity index (χ0) is 15.3. The van der Waals surface area contributed by atoms with Gasteiger partial charge in [0, 0.05) is 11.6 Å². The van der Waals surface area contributed by atoms with Gasteiger partial charge in [0.25, 0.3) is 5.91 Å². The van der Waals surface area contributed by atoms with Crippen molar-refractivity contribution in [3.05, 3.63) is 29.3 Å². The maximum Gasteiger partial charge on any atom is 0.260 e. The molecule has 1 aromatic carbocycles. The summed E-state index contributed by atoms with van der Waals surface area (Å²) < 4.78 is 5.62. The minimum absolute atomic E-state index is 0. The van der Waals surface area contributed by atoms with Crippen LogP contribution in [0, 0.1) is 5.41 Å². The highest BCUT2D eigenvalue weighted by molar-refractivity contribution is 6.30. The Kier molecular flexibility index (Phi) is 7.46. The summed E-state index contributed by atoms with van der Waals surface area (Å²) >= 11 is 5.90. The number of ether oxygens (including phenoxy) is 1. The van der Waals surface area contributed by atoms with Gasteiger partial charge in [0.2, 0.25) is 0 Å². The molecule has 1 amide bonds. The van der Waals surface area contributed by atoms with E-state index in [-0.39, 0.29) is 23.7 Å². The van der Waals surface area contributed by atoms with Gasteiger partial charge in [0.1, 0.15) is 5.75 Å². The number of hydrogen-bond donors (Lipinski definition) is 2. The fourth-order valence-electron chi connectivity index (χ4n) is 2.45. The Hall–Kier alpha value is -0.970. The summed E-state index contributed by atoms with van der Waals surface area (Å²) in [6.07, 6.45) is 1.63. The van der Waals surface area contributed by atoms with Gasteiger partial charge in [-0.05, 0) is 56.5 Å². The van der Waals surface area contributed by atoms with Gasteiger partial charge in [-0.3, -0.25) is 4.79 Å². The molecular weight excluding hydrogens is 323 g/mol. The van der Waals surface area contributed by atoms with E-state index in [0.29, 0.717) is 17.3 Å². The van der Waals surface area contributed by atoms with Gasteiger partial charge >= 0.3 is 0 Å². The summed E-state index contributed by atoms with van der Waals surface area (Å²) in [6, 6.07) is 7.08. The average molecular weight is 347 g/mol. The Morgan fingerprint density at radius 1 is 1.45 bits per heavy atom. The SMILES string of the molecule is CC(Oc1cccc(Cl)c1)C(=O)NCC1(C)CCNCC1.Cl. The highest BCUT2D eigenvalue weighted by atomic mass is 35.5. The molecule has 1 saturated heterocycles. The summed E-state index contributed by atoms with van der Waals surface area (Å²) in [5.41, 5.74) is 0.177. The van der Waals surface area contributed by atoms with Crippen LogP contribution in [0.2, 0.25) is 5.02 Å². The summed E-state index contributed by atoms with van der Waals surface area (Å²) in [5, 5.41) is 6.94. The minimum atomic E-state index is -0.534. The van der Waals surface area contributed by atoms with Gasteiger partial charge in [-0.1, -0.05) is 24.6 Å². The van der Waals surface area contributed by atoms with E-state index in [1.165, 1.54) is 0 Å². The Morgan fingerprint density at radius 3 is 2.77 bits per heavy atom. The van der Waals surface area contributed by atoms with Crippen molar-refractivity contribution in [3.8, 4) is 5.75 Å². The second kappa shape index (κ2) is 8.61. The Balaban J connectivity index is 0.00000242. The van der Waals surface area contributed by atoms with Gasteiger partial charge in [-0.2, -0.15) is 0 Å². The van der Waals surface area contributed by atoms with E-state index in [1.807, 2.05) is 0 Å². The Morgan fingerprint density at radius 2 is 2.14 bits per heavy atom. The largest absolute Gasteiger partial charge is 0.481 e. The standard InChI is InChI=1S/C16H23ClN2O2.ClH/c1-12(21-14-5-3-4-13(17)10-14)15(20)19-11-16(2)6-8-18-9-7-16;/h3-5,10,12,18H,6-9,11H2,1-2H3,(H,19,20);1H. The minimum Gasteiger partial charge on any atom is -0.481 e. The maximum atomic E-state index is 12.1. The lowest BCUT2D eigenvalue weighted by Crippen LogP contribution is -2.45. The van der Waals surface area contributed by atoms with E-state index < -0.39 is 6.10 Å². The fourth-order valence-corrected chi connectivity index (χ4v) is 2.63. The molecule has 1 aromatic rings. The van der Waals surface area contributed by atoms with Crippen molar-refractivity contribution < 1.29 is 9.53 Å². The van der Waals surface area contributed by atoms with Crippen molar-refractivity contribution in [1.82, 2.24) is 10.6 Å². The van der Waals surface area contributed by atoms with Crippen LogP contribution in [-0.2, 0) is 4.79 Å². The molecule has 4 nitrogen and oxygen atoms in total. The van der Waals surface area contributed by atoms with E-state index in [9.17, 15) is 4.79 Å². The molecule has 6 heteroatoms. The first-order chi connectivity index (χ1) is 9.98. The number of halogens is 2. The van der Waals surface area contributed by atoms with Crippen molar-refractivity contribution in [2.24, 2.45) is 5.41 Å². The molecule has 0 aliphatic carbocycles. The van der Waals surface area contributed by atoms with Crippen molar-refractivity contribution in [1.29, 1.82) is 0 Å². The van der Waals surface area contributed by atoms with Gasteiger partial charge in [0.05, 0.1) is 0 Å². The third kappa shape index (κ3) is 5.67. The molecule has 0 saturated carbocycles. The quantitative estimate of drug-likeness (QED) is 0.861. The normalized spacial score (nSPS) is 18.0. The number of benzene rings is 1. The van der Waals surface area contributed by atoms with Gasteiger partial charge in [-0.15, -0.1) is 12.4 Å². The summed E-state index contributed by atoms with van der Waals surface area (Å²) in [7, 11) is 0. The van der Waals surface area contributed by atoms with Gasteiger partial charge in [-0.25, -0.2) is 0 Å². The maximum absolute atomic E-state index is 12.1. The molecule has 1 aliphatic rings. The molecule has 0 spiro atoms. The zero-order valence-corrected chi connectivity index (χ0v) is 14.6. The monoisotopic (exact) mass is 346 g/mol. The Bertz CT molecular complexity index is 491. The molecular formula is C16H24Cl2N2O2. The molecule has 2 N–H and O–H groups in total.